The van der Waals surface area contributed by atoms with Crippen LogP contribution in [0.25, 0.3) is 17.0 Å². The molecule has 1 saturated heterocycles. The highest BCUT2D eigenvalue weighted by Gasteiger charge is 2.27. The van der Waals surface area contributed by atoms with E-state index in [1.54, 1.807) is 37.5 Å². The van der Waals surface area contributed by atoms with Crippen LogP contribution in [0.15, 0.2) is 35.5 Å². The molecule has 2 N–H and O–H groups in total. The maximum absolute atomic E-state index is 11.9. The van der Waals surface area contributed by atoms with Gasteiger partial charge in [-0.15, -0.1) is 10.2 Å². The number of phenolic OH excluding ortho intramolecular Hbond substituents is 1. The van der Waals surface area contributed by atoms with Crippen LogP contribution in [-0.4, -0.2) is 57.0 Å². The highest BCUT2D eigenvalue weighted by Crippen LogP contribution is 2.32. The Hall–Kier alpha value is -3.13. The number of hydrogen-bond donors (Lipinski definition) is 2. The Morgan fingerprint density at radius 2 is 2.03 bits per heavy atom. The molecule has 1 aromatic heterocycles. The summed E-state index contributed by atoms with van der Waals surface area (Å²) in [4.78, 5) is 22.8. The van der Waals surface area contributed by atoms with Crippen LogP contribution in [-0.2, 0) is 4.79 Å². The average molecular weight is 421 g/mol. The molecule has 1 aromatic carbocycles. The summed E-state index contributed by atoms with van der Waals surface area (Å²) in [5.74, 6) is 0.416. The lowest BCUT2D eigenvalue weighted by molar-refractivity contribution is -0.115. The summed E-state index contributed by atoms with van der Waals surface area (Å²) >= 11 is 0. The van der Waals surface area contributed by atoms with E-state index in [-0.39, 0.29) is 23.0 Å². The van der Waals surface area contributed by atoms with Gasteiger partial charge in [0, 0.05) is 48.1 Å². The van der Waals surface area contributed by atoms with Crippen molar-refractivity contribution in [3.05, 3.63) is 36.0 Å². The number of aromatic hydroxyl groups is 1. The summed E-state index contributed by atoms with van der Waals surface area (Å²) in [7, 11) is 0. The molecule has 2 atom stereocenters. The van der Waals surface area contributed by atoms with Crippen molar-refractivity contribution in [2.75, 3.05) is 18.0 Å². The van der Waals surface area contributed by atoms with Gasteiger partial charge in [-0.05, 0) is 39.3 Å². The molecule has 2 unspecified atom stereocenters. The zero-order valence-corrected chi connectivity index (χ0v) is 18.3. The Bertz CT molecular complexity index is 1040. The van der Waals surface area contributed by atoms with Crippen molar-refractivity contribution in [2.45, 2.75) is 45.7 Å². The first-order valence-electron chi connectivity index (χ1n) is 10.6. The third-order valence-electron chi connectivity index (χ3n) is 5.39. The third kappa shape index (κ3) is 4.80. The molecule has 0 spiro atoms. The van der Waals surface area contributed by atoms with Crippen molar-refractivity contribution in [3.63, 3.8) is 0 Å². The number of carbonyl (C=O) groups is 1. The molecular weight excluding hydrogens is 392 g/mol. The van der Waals surface area contributed by atoms with Crippen molar-refractivity contribution in [3.8, 4) is 17.0 Å². The van der Waals surface area contributed by atoms with E-state index in [0.717, 1.165) is 19.5 Å². The molecule has 0 aliphatic carbocycles. The molecule has 4 rings (SSSR count). The van der Waals surface area contributed by atoms with E-state index < -0.39 is 0 Å². The summed E-state index contributed by atoms with van der Waals surface area (Å²) in [5, 5.41) is 22.7. The monoisotopic (exact) mass is 420 g/mol. The number of hydrogen-bond acceptors (Lipinski definition) is 8. The minimum absolute atomic E-state index is 0.000994. The minimum atomic E-state index is -0.216. The maximum atomic E-state index is 11.9. The molecule has 8 heteroatoms. The van der Waals surface area contributed by atoms with Crippen LogP contribution in [0.5, 0.6) is 5.75 Å². The van der Waals surface area contributed by atoms with Crippen LogP contribution in [0.4, 0.5) is 5.95 Å². The number of aromatic nitrogens is 3. The number of rotatable bonds is 4. The zero-order valence-electron chi connectivity index (χ0n) is 18.3. The van der Waals surface area contributed by atoms with Crippen LogP contribution in [0, 0.1) is 5.92 Å². The van der Waals surface area contributed by atoms with E-state index in [4.69, 9.17) is 0 Å². The van der Waals surface area contributed by atoms with Gasteiger partial charge in [0.15, 0.2) is 5.78 Å². The SMILES string of the molecule is CC1C=NC(c2ccc(-c3cnc(N4CCC(NC(C)(C)C)C4)nn3)c(O)c2)=CC1=O. The molecule has 2 aliphatic rings. The number of aliphatic imine (C=N–C) groups is 1. The van der Waals surface area contributed by atoms with Crippen LogP contribution in [0.2, 0.25) is 0 Å². The predicted octanol–water partition coefficient (Wildman–Crippen LogP) is 2.84. The van der Waals surface area contributed by atoms with E-state index in [0.29, 0.717) is 34.5 Å². The van der Waals surface area contributed by atoms with E-state index in [9.17, 15) is 9.90 Å². The van der Waals surface area contributed by atoms with Gasteiger partial charge < -0.3 is 15.3 Å². The lowest BCUT2D eigenvalue weighted by atomic mass is 10.00. The Kier molecular flexibility index (Phi) is 5.58. The second kappa shape index (κ2) is 8.19. The molecule has 8 nitrogen and oxygen atoms in total. The number of nitrogens with zero attached hydrogens (tertiary/aromatic N) is 5. The Balaban J connectivity index is 1.48. The van der Waals surface area contributed by atoms with Crippen molar-refractivity contribution in [1.82, 2.24) is 20.5 Å². The standard InChI is InChI=1S/C23H28N6O2/c1-14-11-24-18(10-20(14)30)15-5-6-17(21(31)9-15)19-12-25-22(28-27-19)29-8-7-16(13-29)26-23(2,3)4/h5-6,9-12,14,16,26,31H,7-8,13H2,1-4H3. The number of anilines is 1. The van der Waals surface area contributed by atoms with Gasteiger partial charge in [-0.25, -0.2) is 4.98 Å². The second-order valence-electron chi connectivity index (χ2n) is 9.20. The van der Waals surface area contributed by atoms with Crippen LogP contribution < -0.4 is 10.2 Å². The van der Waals surface area contributed by atoms with Gasteiger partial charge in [-0.3, -0.25) is 9.79 Å². The highest BCUT2D eigenvalue weighted by atomic mass is 16.3. The molecule has 2 aliphatic heterocycles. The van der Waals surface area contributed by atoms with Crippen LogP contribution in [0.1, 0.15) is 39.7 Å². The first-order chi connectivity index (χ1) is 14.7. The third-order valence-corrected chi connectivity index (χ3v) is 5.39. The predicted molar refractivity (Wildman–Crippen MR) is 121 cm³/mol. The molecule has 31 heavy (non-hydrogen) atoms. The van der Waals surface area contributed by atoms with Crippen molar-refractivity contribution >= 4 is 23.6 Å². The Labute approximate surface area is 182 Å². The molecule has 1 fully saturated rings. The van der Waals surface area contributed by atoms with E-state index in [1.165, 1.54) is 6.08 Å². The first-order valence-corrected chi connectivity index (χ1v) is 10.6. The maximum Gasteiger partial charge on any atom is 0.245 e. The van der Waals surface area contributed by atoms with Crippen molar-refractivity contribution in [2.24, 2.45) is 10.9 Å². The fourth-order valence-corrected chi connectivity index (χ4v) is 3.84. The average Bonchev–Trinajstić information content (AvgIpc) is 3.17. The number of carbonyl (C=O) groups excluding carboxylic acids is 1. The fourth-order valence-electron chi connectivity index (χ4n) is 3.84. The van der Waals surface area contributed by atoms with Gasteiger partial charge in [-0.2, -0.15) is 0 Å². The summed E-state index contributed by atoms with van der Waals surface area (Å²) in [6, 6.07) is 5.53. The molecule has 0 saturated carbocycles. The molecule has 0 amide bonds. The number of ketones is 1. The highest BCUT2D eigenvalue weighted by molar-refractivity contribution is 6.09. The summed E-state index contributed by atoms with van der Waals surface area (Å²) < 4.78 is 0. The fraction of sp³-hybridized carbons (Fsp3) is 0.435. The summed E-state index contributed by atoms with van der Waals surface area (Å²) in [5.41, 5.74) is 2.30. The zero-order chi connectivity index (χ0) is 22.2. The quantitative estimate of drug-likeness (QED) is 0.784. The van der Waals surface area contributed by atoms with Crippen LogP contribution in [0.3, 0.4) is 0 Å². The summed E-state index contributed by atoms with van der Waals surface area (Å²) in [6.45, 7) is 10.0. The molecule has 0 radical (unpaired) electrons. The number of allylic oxidation sites excluding steroid dienone is 1. The topological polar surface area (TPSA) is 104 Å². The lowest BCUT2D eigenvalue weighted by Crippen LogP contribution is -2.45. The van der Waals surface area contributed by atoms with Gasteiger partial charge in [0.2, 0.25) is 5.95 Å². The van der Waals surface area contributed by atoms with E-state index in [2.05, 4.69) is 51.2 Å². The molecular formula is C23H28N6O2. The number of phenols is 1. The van der Waals surface area contributed by atoms with Gasteiger partial charge in [-0.1, -0.05) is 13.0 Å². The molecule has 0 bridgehead atoms. The van der Waals surface area contributed by atoms with Crippen molar-refractivity contribution < 1.29 is 9.90 Å². The van der Waals surface area contributed by atoms with Crippen LogP contribution >= 0.6 is 0 Å². The Morgan fingerprint density at radius 3 is 2.68 bits per heavy atom. The second-order valence-corrected chi connectivity index (χ2v) is 9.20. The van der Waals surface area contributed by atoms with Gasteiger partial charge in [0.1, 0.15) is 11.4 Å². The number of nitrogens with one attached hydrogen (secondary N) is 1. The normalized spacial score (nSPS) is 21.5. The summed E-state index contributed by atoms with van der Waals surface area (Å²) in [6.07, 6.45) is 5.79. The van der Waals surface area contributed by atoms with E-state index in [1.807, 2.05) is 0 Å². The van der Waals surface area contributed by atoms with Gasteiger partial charge >= 0.3 is 0 Å². The lowest BCUT2D eigenvalue weighted by Gasteiger charge is -2.25. The first kappa shape index (κ1) is 21.1. The molecule has 162 valence electrons. The molecule has 2 aromatic rings. The van der Waals surface area contributed by atoms with E-state index >= 15 is 0 Å². The van der Waals surface area contributed by atoms with Crippen molar-refractivity contribution in [1.29, 1.82) is 0 Å². The molecule has 3 heterocycles. The Morgan fingerprint density at radius 1 is 1.23 bits per heavy atom. The smallest absolute Gasteiger partial charge is 0.245 e. The number of benzene rings is 1. The minimum Gasteiger partial charge on any atom is -0.507 e. The van der Waals surface area contributed by atoms with Gasteiger partial charge in [0.25, 0.3) is 0 Å². The largest absolute Gasteiger partial charge is 0.507 e. The van der Waals surface area contributed by atoms with Gasteiger partial charge in [0.05, 0.1) is 17.8 Å².